The summed E-state index contributed by atoms with van der Waals surface area (Å²) < 4.78 is 5.16. The topological polar surface area (TPSA) is 33.4 Å². The van der Waals surface area contributed by atoms with E-state index in [0.29, 0.717) is 11.3 Å². The maximum Gasteiger partial charge on any atom is 0.0960 e. The van der Waals surface area contributed by atoms with Crippen molar-refractivity contribution in [2.24, 2.45) is 11.3 Å². The van der Waals surface area contributed by atoms with Gasteiger partial charge in [0, 0.05) is 5.56 Å². The molecule has 94 valence electrons. The van der Waals surface area contributed by atoms with Gasteiger partial charge in [-0.25, -0.2) is 0 Å². The molecule has 1 aromatic heterocycles. The smallest absolute Gasteiger partial charge is 0.0960 e. The van der Waals surface area contributed by atoms with Gasteiger partial charge in [-0.05, 0) is 36.2 Å². The average Bonchev–Trinajstić information content (AvgIpc) is 2.84. The molecule has 0 aromatic carbocycles. The molecule has 0 amide bonds. The van der Waals surface area contributed by atoms with Crippen molar-refractivity contribution in [2.45, 2.75) is 46.6 Å². The SMILES string of the molecule is C[C@@H](Cc1cocc1CO)C1=CCC(C)(C)C1. The van der Waals surface area contributed by atoms with Crippen molar-refractivity contribution in [3.8, 4) is 0 Å². The molecule has 0 bridgehead atoms. The van der Waals surface area contributed by atoms with Gasteiger partial charge >= 0.3 is 0 Å². The van der Waals surface area contributed by atoms with E-state index in [1.54, 1.807) is 18.1 Å². The van der Waals surface area contributed by atoms with E-state index in [4.69, 9.17) is 4.42 Å². The molecule has 0 spiro atoms. The monoisotopic (exact) mass is 234 g/mol. The van der Waals surface area contributed by atoms with E-state index >= 15 is 0 Å². The lowest BCUT2D eigenvalue weighted by Gasteiger charge is -2.19. The Labute approximate surface area is 103 Å². The molecule has 1 atom stereocenters. The first kappa shape index (κ1) is 12.4. The van der Waals surface area contributed by atoms with Crippen LogP contribution in [-0.4, -0.2) is 5.11 Å². The van der Waals surface area contributed by atoms with Gasteiger partial charge in [0.15, 0.2) is 0 Å². The van der Waals surface area contributed by atoms with E-state index in [9.17, 15) is 5.11 Å². The Bertz CT molecular complexity index is 412. The van der Waals surface area contributed by atoms with Crippen molar-refractivity contribution in [3.63, 3.8) is 0 Å². The Hall–Kier alpha value is -1.02. The first-order valence-corrected chi connectivity index (χ1v) is 6.35. The molecule has 17 heavy (non-hydrogen) atoms. The summed E-state index contributed by atoms with van der Waals surface area (Å²) in [5.74, 6) is 0.541. The number of furan rings is 1. The molecular weight excluding hydrogens is 212 g/mol. The Morgan fingerprint density at radius 2 is 2.06 bits per heavy atom. The van der Waals surface area contributed by atoms with E-state index in [-0.39, 0.29) is 6.61 Å². The highest BCUT2D eigenvalue weighted by Gasteiger charge is 2.27. The summed E-state index contributed by atoms with van der Waals surface area (Å²) in [4.78, 5) is 0. The van der Waals surface area contributed by atoms with Crippen molar-refractivity contribution in [1.82, 2.24) is 0 Å². The molecular formula is C15H22O2. The fourth-order valence-corrected chi connectivity index (χ4v) is 2.61. The fraction of sp³-hybridized carbons (Fsp3) is 0.600. The molecule has 1 aromatic rings. The van der Waals surface area contributed by atoms with Crippen LogP contribution in [-0.2, 0) is 13.0 Å². The van der Waals surface area contributed by atoms with Crippen LogP contribution in [0.5, 0.6) is 0 Å². The Balaban J connectivity index is 2.01. The van der Waals surface area contributed by atoms with Crippen LogP contribution in [0, 0.1) is 11.3 Å². The average molecular weight is 234 g/mol. The fourth-order valence-electron chi connectivity index (χ4n) is 2.61. The standard InChI is InChI=1S/C15H22O2/c1-11(12-4-5-15(2,3)7-12)6-13-9-17-10-14(13)8-16/h4,9-11,16H,5-8H2,1-3H3/t11-/m0/s1. The molecule has 0 radical (unpaired) electrons. The summed E-state index contributed by atoms with van der Waals surface area (Å²) in [6, 6.07) is 0. The molecule has 2 rings (SSSR count). The number of aliphatic hydroxyl groups is 1. The van der Waals surface area contributed by atoms with Gasteiger partial charge in [-0.2, -0.15) is 0 Å². The van der Waals surface area contributed by atoms with Gasteiger partial charge in [-0.1, -0.05) is 32.4 Å². The first-order chi connectivity index (χ1) is 8.02. The summed E-state index contributed by atoms with van der Waals surface area (Å²) in [7, 11) is 0. The zero-order valence-electron chi connectivity index (χ0n) is 11.0. The van der Waals surface area contributed by atoms with E-state index < -0.39 is 0 Å². The molecule has 0 saturated heterocycles. The van der Waals surface area contributed by atoms with E-state index in [2.05, 4.69) is 26.8 Å². The maximum absolute atomic E-state index is 9.19. The van der Waals surface area contributed by atoms with Crippen molar-refractivity contribution in [2.75, 3.05) is 0 Å². The van der Waals surface area contributed by atoms with Crippen LogP contribution in [0.25, 0.3) is 0 Å². The van der Waals surface area contributed by atoms with Crippen LogP contribution in [0.3, 0.4) is 0 Å². The number of aliphatic hydroxyl groups excluding tert-OH is 1. The summed E-state index contributed by atoms with van der Waals surface area (Å²) in [5, 5.41) is 9.19. The third-order valence-electron chi connectivity index (χ3n) is 3.76. The molecule has 0 unspecified atom stereocenters. The minimum Gasteiger partial charge on any atom is -0.472 e. The summed E-state index contributed by atoms with van der Waals surface area (Å²) in [6.07, 6.45) is 9.15. The van der Waals surface area contributed by atoms with Gasteiger partial charge in [0.05, 0.1) is 19.1 Å². The molecule has 2 heteroatoms. The Morgan fingerprint density at radius 1 is 1.35 bits per heavy atom. The molecule has 0 aliphatic heterocycles. The third-order valence-corrected chi connectivity index (χ3v) is 3.76. The molecule has 1 heterocycles. The Kier molecular flexibility index (Phi) is 3.43. The molecule has 2 nitrogen and oxygen atoms in total. The molecule has 0 saturated carbocycles. The van der Waals surface area contributed by atoms with Gasteiger partial charge in [-0.3, -0.25) is 0 Å². The lowest BCUT2D eigenvalue weighted by Crippen LogP contribution is -2.09. The van der Waals surface area contributed by atoms with Crippen LogP contribution < -0.4 is 0 Å². The van der Waals surface area contributed by atoms with Crippen molar-refractivity contribution >= 4 is 0 Å². The van der Waals surface area contributed by atoms with E-state index in [1.807, 2.05) is 0 Å². The molecule has 1 aliphatic carbocycles. The minimum atomic E-state index is 0.0725. The van der Waals surface area contributed by atoms with Gasteiger partial charge in [-0.15, -0.1) is 0 Å². The van der Waals surface area contributed by atoms with Crippen LogP contribution >= 0.6 is 0 Å². The lowest BCUT2D eigenvalue weighted by atomic mass is 9.85. The van der Waals surface area contributed by atoms with E-state index in [1.165, 1.54) is 12.8 Å². The summed E-state index contributed by atoms with van der Waals surface area (Å²) in [6.45, 7) is 6.98. The quantitative estimate of drug-likeness (QED) is 0.806. The highest BCUT2D eigenvalue weighted by molar-refractivity contribution is 5.24. The number of rotatable bonds is 4. The second-order valence-electron chi connectivity index (χ2n) is 6.01. The highest BCUT2D eigenvalue weighted by Crippen LogP contribution is 2.40. The normalized spacial score (nSPS) is 20.4. The van der Waals surface area contributed by atoms with Crippen LogP contribution in [0.2, 0.25) is 0 Å². The number of allylic oxidation sites excluding steroid dienone is 2. The van der Waals surface area contributed by atoms with Crippen molar-refractivity contribution in [3.05, 3.63) is 35.3 Å². The largest absolute Gasteiger partial charge is 0.472 e. The summed E-state index contributed by atoms with van der Waals surface area (Å²) >= 11 is 0. The molecule has 1 aliphatic rings. The minimum absolute atomic E-state index is 0.0725. The number of hydrogen-bond acceptors (Lipinski definition) is 2. The second-order valence-corrected chi connectivity index (χ2v) is 6.01. The van der Waals surface area contributed by atoms with Gasteiger partial charge in [0.2, 0.25) is 0 Å². The highest BCUT2D eigenvalue weighted by atomic mass is 16.3. The van der Waals surface area contributed by atoms with Crippen LogP contribution in [0.4, 0.5) is 0 Å². The van der Waals surface area contributed by atoms with Crippen molar-refractivity contribution < 1.29 is 9.52 Å². The van der Waals surface area contributed by atoms with E-state index in [0.717, 1.165) is 17.5 Å². The second kappa shape index (κ2) is 4.69. The Morgan fingerprint density at radius 3 is 2.65 bits per heavy atom. The van der Waals surface area contributed by atoms with Gasteiger partial charge in [0.25, 0.3) is 0 Å². The molecule has 0 fully saturated rings. The zero-order chi connectivity index (χ0) is 12.5. The maximum atomic E-state index is 9.19. The lowest BCUT2D eigenvalue weighted by molar-refractivity contribution is 0.279. The summed E-state index contributed by atoms with van der Waals surface area (Å²) in [5.41, 5.74) is 4.06. The predicted octanol–water partition coefficient (Wildman–Crippen LogP) is 3.70. The zero-order valence-corrected chi connectivity index (χ0v) is 11.0. The first-order valence-electron chi connectivity index (χ1n) is 6.35. The predicted molar refractivity (Wildman–Crippen MR) is 68.6 cm³/mol. The third kappa shape index (κ3) is 2.81. The number of hydrogen-bond donors (Lipinski definition) is 1. The van der Waals surface area contributed by atoms with Gasteiger partial charge in [0.1, 0.15) is 0 Å². The van der Waals surface area contributed by atoms with Crippen LogP contribution in [0.1, 0.15) is 44.7 Å². The molecule has 1 N–H and O–H groups in total. The van der Waals surface area contributed by atoms with Gasteiger partial charge < -0.3 is 9.52 Å². The van der Waals surface area contributed by atoms with Crippen molar-refractivity contribution in [1.29, 1.82) is 0 Å². The van der Waals surface area contributed by atoms with Crippen LogP contribution in [0.15, 0.2) is 28.6 Å².